The van der Waals surface area contributed by atoms with Crippen molar-refractivity contribution in [3.63, 3.8) is 0 Å². The predicted octanol–water partition coefficient (Wildman–Crippen LogP) is 0.754. The largest absolute Gasteiger partial charge is 0.462 e. The zero-order chi connectivity index (χ0) is 5.70. The highest BCUT2D eigenvalue weighted by Crippen LogP contribution is 1.68. The minimum absolute atomic E-state index is 0. The highest BCUT2D eigenvalue weighted by Gasteiger charge is 1.92. The second-order valence-corrected chi connectivity index (χ2v) is 0.709. The highest BCUT2D eigenvalue weighted by molar-refractivity contribution is 5.69. The number of hydrogen-bond donors (Lipinski definition) is 2. The Kier molecular flexibility index (Phi) is 7.16. The number of nitrogens with zero attached hydrogens (tertiary/aromatic N) is 2. The molecule has 0 aliphatic carbocycles. The lowest BCUT2D eigenvalue weighted by atomic mass is 11.2. The first-order chi connectivity index (χ1) is 3.31. The van der Waals surface area contributed by atoms with E-state index in [-0.39, 0.29) is 13.4 Å². The van der Waals surface area contributed by atoms with Crippen molar-refractivity contribution < 1.29 is 4.74 Å². The molecule has 8 heavy (non-hydrogen) atoms. The number of rotatable bonds is 0. The van der Waals surface area contributed by atoms with Crippen LogP contribution in [-0.2, 0) is 4.74 Å². The van der Waals surface area contributed by atoms with Gasteiger partial charge in [0.25, 0.3) is 0 Å². The number of methoxy groups -OCH3 is 1. The van der Waals surface area contributed by atoms with Gasteiger partial charge in [-0.25, -0.2) is 5.41 Å². The van der Waals surface area contributed by atoms with E-state index in [1.165, 1.54) is 7.11 Å². The lowest BCUT2D eigenvalue weighted by Crippen LogP contribution is -1.91. The minimum Gasteiger partial charge on any atom is -0.462 e. The smallest absolute Gasteiger partial charge is 0.393 e. The van der Waals surface area contributed by atoms with E-state index in [1.54, 1.807) is 0 Å². The van der Waals surface area contributed by atoms with Crippen molar-refractivity contribution >= 4 is 6.02 Å². The van der Waals surface area contributed by atoms with E-state index in [0.29, 0.717) is 0 Å². The molecule has 0 saturated heterocycles. The van der Waals surface area contributed by atoms with Gasteiger partial charge >= 0.3 is 6.02 Å². The van der Waals surface area contributed by atoms with Gasteiger partial charge in [-0.05, 0) is 0 Å². The molecule has 0 spiro atoms. The van der Waals surface area contributed by atoms with Crippen LogP contribution in [0.1, 0.15) is 7.43 Å². The molecule has 0 aromatic rings. The van der Waals surface area contributed by atoms with Gasteiger partial charge in [-0.3, -0.25) is 0 Å². The molecule has 0 aliphatic heterocycles. The van der Waals surface area contributed by atoms with Gasteiger partial charge in [-0.2, -0.15) is 0 Å². The van der Waals surface area contributed by atoms with Crippen LogP contribution in [0.5, 0.6) is 0 Å². The fourth-order valence-corrected chi connectivity index (χ4v) is 0.0862. The quantitative estimate of drug-likeness (QED) is 0.209. The van der Waals surface area contributed by atoms with Crippen molar-refractivity contribution in [1.29, 1.82) is 10.9 Å². The van der Waals surface area contributed by atoms with Crippen LogP contribution in [0.4, 0.5) is 0 Å². The van der Waals surface area contributed by atoms with Gasteiger partial charge in [-0.1, -0.05) is 7.43 Å². The first-order valence-electron chi connectivity index (χ1n) is 1.51. The van der Waals surface area contributed by atoms with Gasteiger partial charge in [0.2, 0.25) is 10.0 Å². The Balaban J connectivity index is 0. The Morgan fingerprint density at radius 2 is 2.25 bits per heavy atom. The van der Waals surface area contributed by atoms with Crippen LogP contribution < -0.4 is 4.91 Å². The van der Waals surface area contributed by atoms with Crippen molar-refractivity contribution in [2.75, 3.05) is 7.11 Å². The summed E-state index contributed by atoms with van der Waals surface area (Å²) in [7, 11) is 1.29. The lowest BCUT2D eigenvalue weighted by Gasteiger charge is -1.78. The number of nitrogens with one attached hydrogen (secondary N) is 2. The average molecular weight is 117 g/mol. The molecule has 0 aliphatic rings. The summed E-state index contributed by atoms with van der Waals surface area (Å²) in [6.45, 7) is 0. The summed E-state index contributed by atoms with van der Waals surface area (Å²) in [5, 5.41) is 9.43. The fraction of sp³-hybridized carbons (Fsp3) is 0.667. The lowest BCUT2D eigenvalue weighted by molar-refractivity contribution is 0.389. The molecule has 2 N–H and O–H groups in total. The van der Waals surface area contributed by atoms with Crippen molar-refractivity contribution in [2.24, 2.45) is 5.11 Å². The first-order valence-corrected chi connectivity index (χ1v) is 1.51. The summed E-state index contributed by atoms with van der Waals surface area (Å²) in [4.78, 5) is 2.53. The summed E-state index contributed by atoms with van der Waals surface area (Å²) < 4.78 is 4.19. The summed E-state index contributed by atoms with van der Waals surface area (Å²) >= 11 is 0. The van der Waals surface area contributed by atoms with Crippen molar-refractivity contribution in [2.45, 2.75) is 7.43 Å². The molecular formula is C3H9N4O+. The molecule has 0 saturated carbocycles. The van der Waals surface area contributed by atoms with Crippen LogP contribution in [0.3, 0.4) is 0 Å². The van der Waals surface area contributed by atoms with E-state index in [4.69, 9.17) is 10.9 Å². The van der Waals surface area contributed by atoms with Crippen LogP contribution in [-0.4, -0.2) is 13.1 Å². The summed E-state index contributed by atoms with van der Waals surface area (Å²) in [5.74, 6) is 0. The maximum absolute atomic E-state index is 6.53. The maximum atomic E-state index is 6.53. The van der Waals surface area contributed by atoms with E-state index in [0.717, 1.165) is 0 Å². The Bertz CT molecular complexity index is 114. The second kappa shape index (κ2) is 5.78. The van der Waals surface area contributed by atoms with E-state index in [1.807, 2.05) is 0 Å². The van der Waals surface area contributed by atoms with E-state index >= 15 is 0 Å². The standard InChI is InChI=1S/C2H5N4O.CH4/c1-7-2(3)5-6-4;/h3-4H,1H3;1H4/q+1;. The van der Waals surface area contributed by atoms with Gasteiger partial charge in [0.1, 0.15) is 5.53 Å². The molecule has 0 unspecified atom stereocenters. The Labute approximate surface area is 47.4 Å². The summed E-state index contributed by atoms with van der Waals surface area (Å²) in [6, 6.07) is -0.352. The molecule has 0 rings (SSSR count). The van der Waals surface area contributed by atoms with Gasteiger partial charge in [0, 0.05) is 0 Å². The van der Waals surface area contributed by atoms with Gasteiger partial charge in [0.05, 0.1) is 7.11 Å². The molecular weight excluding hydrogens is 108 g/mol. The Morgan fingerprint density at radius 3 is 2.38 bits per heavy atom. The van der Waals surface area contributed by atoms with Crippen molar-refractivity contribution in [1.82, 2.24) is 4.91 Å². The van der Waals surface area contributed by atoms with Crippen LogP contribution in [0, 0.1) is 10.9 Å². The predicted molar refractivity (Wildman–Crippen MR) is 28.7 cm³/mol. The Hall–Kier alpha value is -1.22. The number of ether oxygens (including phenoxy) is 1. The average Bonchev–Trinajstić information content (AvgIpc) is 1.68. The molecule has 0 fully saturated rings. The first kappa shape index (κ1) is 9.91. The summed E-state index contributed by atoms with van der Waals surface area (Å²) in [5.41, 5.74) is 6.07. The van der Waals surface area contributed by atoms with E-state index in [2.05, 4.69) is 14.8 Å². The van der Waals surface area contributed by atoms with Crippen LogP contribution >= 0.6 is 0 Å². The SMILES string of the molecule is C.COC(=N)N=[N+]=N. The van der Waals surface area contributed by atoms with E-state index in [9.17, 15) is 0 Å². The zero-order valence-electron chi connectivity index (χ0n) is 3.80. The molecule has 0 amide bonds. The van der Waals surface area contributed by atoms with E-state index < -0.39 is 0 Å². The normalized spacial score (nSPS) is 5.62. The van der Waals surface area contributed by atoms with Gasteiger partial charge < -0.3 is 4.74 Å². The van der Waals surface area contributed by atoms with Crippen LogP contribution in [0.15, 0.2) is 5.11 Å². The molecule has 0 atom stereocenters. The molecule has 0 aromatic heterocycles. The molecule has 0 aromatic carbocycles. The number of amidine groups is 1. The molecule has 46 valence electrons. The third-order valence-corrected chi connectivity index (χ3v) is 0.334. The highest BCUT2D eigenvalue weighted by atomic mass is 16.5. The minimum atomic E-state index is -0.352. The number of hydrogen-bond acceptors (Lipinski definition) is 3. The monoisotopic (exact) mass is 117 g/mol. The second-order valence-electron chi connectivity index (χ2n) is 0.709. The molecule has 0 heterocycles. The van der Waals surface area contributed by atoms with Gasteiger partial charge in [0.15, 0.2) is 0 Å². The van der Waals surface area contributed by atoms with Crippen molar-refractivity contribution in [3.8, 4) is 0 Å². The molecule has 5 nitrogen and oxygen atoms in total. The maximum Gasteiger partial charge on any atom is 0.393 e. The molecule has 0 bridgehead atoms. The fourth-order valence-electron chi connectivity index (χ4n) is 0.0862. The molecule has 5 heteroatoms. The zero-order valence-corrected chi connectivity index (χ0v) is 3.80. The third kappa shape index (κ3) is 4.78. The van der Waals surface area contributed by atoms with Crippen LogP contribution in [0.25, 0.3) is 0 Å². The third-order valence-electron chi connectivity index (χ3n) is 0.334. The molecule has 0 radical (unpaired) electrons. The Morgan fingerprint density at radius 1 is 1.75 bits per heavy atom. The topological polar surface area (TPSA) is 83.4 Å². The van der Waals surface area contributed by atoms with Crippen molar-refractivity contribution in [3.05, 3.63) is 0 Å². The van der Waals surface area contributed by atoms with Gasteiger partial charge in [-0.15, -0.1) is 0 Å². The van der Waals surface area contributed by atoms with Crippen LogP contribution in [0.2, 0.25) is 0 Å². The summed E-state index contributed by atoms with van der Waals surface area (Å²) in [6.07, 6.45) is 0.